The van der Waals surface area contributed by atoms with Crippen LogP contribution in [-0.2, 0) is 5.54 Å². The van der Waals surface area contributed by atoms with E-state index in [2.05, 4.69) is 0 Å². The van der Waals surface area contributed by atoms with Crippen LogP contribution in [0.5, 0.6) is 0 Å². The van der Waals surface area contributed by atoms with Gasteiger partial charge in [-0.25, -0.2) is 4.39 Å². The van der Waals surface area contributed by atoms with Gasteiger partial charge in [0.15, 0.2) is 0 Å². The van der Waals surface area contributed by atoms with Gasteiger partial charge in [-0.15, -0.1) is 0 Å². The van der Waals surface area contributed by atoms with Crippen LogP contribution >= 0.6 is 11.6 Å². The molecule has 70 valence electrons. The van der Waals surface area contributed by atoms with Crippen LogP contribution in [0.1, 0.15) is 18.9 Å². The zero-order valence-corrected chi connectivity index (χ0v) is 8.11. The molecular formula is C10H11ClFN. The van der Waals surface area contributed by atoms with Crippen LogP contribution in [0.2, 0.25) is 5.02 Å². The van der Waals surface area contributed by atoms with Crippen molar-refractivity contribution < 1.29 is 4.39 Å². The Morgan fingerprint density at radius 3 is 2.77 bits per heavy atom. The lowest BCUT2D eigenvalue weighted by Crippen LogP contribution is -2.23. The molecule has 3 heteroatoms. The summed E-state index contributed by atoms with van der Waals surface area (Å²) in [5.74, 6) is -0.0171. The molecule has 0 aliphatic heterocycles. The van der Waals surface area contributed by atoms with Gasteiger partial charge in [-0.05, 0) is 18.4 Å². The fourth-order valence-electron chi connectivity index (χ4n) is 1.69. The van der Waals surface area contributed by atoms with Crippen molar-refractivity contribution in [2.24, 2.45) is 11.7 Å². The van der Waals surface area contributed by atoms with Crippen LogP contribution in [0.25, 0.3) is 0 Å². The summed E-state index contributed by atoms with van der Waals surface area (Å²) in [5.41, 5.74) is 6.05. The summed E-state index contributed by atoms with van der Waals surface area (Å²) in [6.07, 6.45) is 0.838. The third-order valence-electron chi connectivity index (χ3n) is 2.82. The largest absolute Gasteiger partial charge is 0.321 e. The van der Waals surface area contributed by atoms with E-state index in [1.165, 1.54) is 6.07 Å². The Bertz CT molecular complexity index is 353. The van der Waals surface area contributed by atoms with E-state index in [0.29, 0.717) is 11.5 Å². The van der Waals surface area contributed by atoms with Crippen molar-refractivity contribution in [1.29, 1.82) is 0 Å². The van der Waals surface area contributed by atoms with Crippen molar-refractivity contribution in [3.8, 4) is 0 Å². The van der Waals surface area contributed by atoms with E-state index in [-0.39, 0.29) is 10.8 Å². The van der Waals surface area contributed by atoms with Crippen LogP contribution in [0.15, 0.2) is 18.2 Å². The molecule has 0 radical (unpaired) electrons. The predicted octanol–water partition coefficient (Wildman–Crippen LogP) is 2.67. The third kappa shape index (κ3) is 1.25. The van der Waals surface area contributed by atoms with Gasteiger partial charge < -0.3 is 5.73 Å². The topological polar surface area (TPSA) is 26.0 Å². The summed E-state index contributed by atoms with van der Waals surface area (Å²) in [6, 6.07) is 4.99. The lowest BCUT2D eigenvalue weighted by molar-refractivity contribution is 0.561. The number of rotatable bonds is 1. The molecule has 1 saturated carbocycles. The first kappa shape index (κ1) is 8.97. The van der Waals surface area contributed by atoms with Gasteiger partial charge in [0.05, 0.1) is 5.02 Å². The summed E-state index contributed by atoms with van der Waals surface area (Å²) in [5, 5.41) is 0.154. The highest BCUT2D eigenvalue weighted by Gasteiger charge is 2.50. The quantitative estimate of drug-likeness (QED) is 0.740. The minimum absolute atomic E-state index is 0.154. The van der Waals surface area contributed by atoms with E-state index in [9.17, 15) is 4.39 Å². The fourth-order valence-corrected chi connectivity index (χ4v) is 1.86. The highest BCUT2D eigenvalue weighted by Crippen LogP contribution is 2.50. The zero-order valence-electron chi connectivity index (χ0n) is 7.35. The molecule has 0 amide bonds. The molecule has 0 saturated heterocycles. The number of benzene rings is 1. The molecule has 2 N–H and O–H groups in total. The Hall–Kier alpha value is -0.600. The van der Waals surface area contributed by atoms with E-state index < -0.39 is 5.54 Å². The normalized spacial score (nSPS) is 31.8. The monoisotopic (exact) mass is 199 g/mol. The SMILES string of the molecule is CC1CC1(N)c1cccc(Cl)c1F. The maximum atomic E-state index is 13.5. The first-order valence-corrected chi connectivity index (χ1v) is 4.67. The van der Waals surface area contributed by atoms with Crippen molar-refractivity contribution in [3.63, 3.8) is 0 Å². The van der Waals surface area contributed by atoms with Gasteiger partial charge in [0.2, 0.25) is 0 Å². The molecule has 2 rings (SSSR count). The number of hydrogen-bond donors (Lipinski definition) is 1. The first-order chi connectivity index (χ1) is 6.05. The Morgan fingerprint density at radius 2 is 2.23 bits per heavy atom. The van der Waals surface area contributed by atoms with Gasteiger partial charge in [-0.2, -0.15) is 0 Å². The number of halogens is 2. The average molecular weight is 200 g/mol. The zero-order chi connectivity index (χ0) is 9.64. The highest BCUT2D eigenvalue weighted by atomic mass is 35.5. The maximum absolute atomic E-state index is 13.5. The van der Waals surface area contributed by atoms with Crippen molar-refractivity contribution in [2.45, 2.75) is 18.9 Å². The molecule has 1 aromatic rings. The Labute approximate surface area is 81.7 Å². The summed E-state index contributed by atoms with van der Waals surface area (Å²) in [7, 11) is 0. The van der Waals surface area contributed by atoms with Gasteiger partial charge in [-0.1, -0.05) is 30.7 Å². The predicted molar refractivity (Wildman–Crippen MR) is 51.1 cm³/mol. The first-order valence-electron chi connectivity index (χ1n) is 4.29. The average Bonchev–Trinajstić information content (AvgIpc) is 2.67. The molecule has 2 atom stereocenters. The van der Waals surface area contributed by atoms with Crippen molar-refractivity contribution in [3.05, 3.63) is 34.6 Å². The Balaban J connectivity index is 2.47. The van der Waals surface area contributed by atoms with Gasteiger partial charge in [0, 0.05) is 11.1 Å². The molecule has 13 heavy (non-hydrogen) atoms. The van der Waals surface area contributed by atoms with Crippen molar-refractivity contribution in [1.82, 2.24) is 0 Å². The Kier molecular flexibility index (Phi) is 1.86. The summed E-state index contributed by atoms with van der Waals surface area (Å²) < 4.78 is 13.5. The standard InChI is InChI=1S/C10H11ClFN/c1-6-5-10(6,13)7-3-2-4-8(11)9(7)12/h2-4,6H,5,13H2,1H3. The lowest BCUT2D eigenvalue weighted by Gasteiger charge is -2.12. The van der Waals surface area contributed by atoms with Crippen LogP contribution in [0.3, 0.4) is 0 Å². The van der Waals surface area contributed by atoms with E-state index in [0.717, 1.165) is 6.42 Å². The second-order valence-corrected chi connectivity index (χ2v) is 4.15. The van der Waals surface area contributed by atoms with Crippen molar-refractivity contribution >= 4 is 11.6 Å². The molecule has 0 aromatic heterocycles. The highest BCUT2D eigenvalue weighted by molar-refractivity contribution is 6.30. The number of nitrogens with two attached hydrogens (primary N) is 1. The molecule has 1 fully saturated rings. The van der Waals surface area contributed by atoms with Crippen molar-refractivity contribution in [2.75, 3.05) is 0 Å². The fraction of sp³-hybridized carbons (Fsp3) is 0.400. The second kappa shape index (κ2) is 2.69. The molecule has 0 spiro atoms. The van der Waals surface area contributed by atoms with Crippen LogP contribution in [0.4, 0.5) is 4.39 Å². The molecule has 2 unspecified atom stereocenters. The van der Waals surface area contributed by atoms with Crippen LogP contribution in [-0.4, -0.2) is 0 Å². The smallest absolute Gasteiger partial charge is 0.146 e. The molecule has 0 heterocycles. The molecule has 1 aliphatic rings. The molecular weight excluding hydrogens is 189 g/mol. The maximum Gasteiger partial charge on any atom is 0.146 e. The molecule has 1 aromatic carbocycles. The summed E-state index contributed by atoms with van der Waals surface area (Å²) in [4.78, 5) is 0. The summed E-state index contributed by atoms with van der Waals surface area (Å²) in [6.45, 7) is 2.01. The van der Waals surface area contributed by atoms with E-state index in [1.54, 1.807) is 12.1 Å². The third-order valence-corrected chi connectivity index (χ3v) is 3.11. The minimum Gasteiger partial charge on any atom is -0.321 e. The van der Waals surface area contributed by atoms with Gasteiger partial charge in [0.1, 0.15) is 5.82 Å². The van der Waals surface area contributed by atoms with Gasteiger partial charge in [-0.3, -0.25) is 0 Å². The van der Waals surface area contributed by atoms with Crippen LogP contribution < -0.4 is 5.73 Å². The lowest BCUT2D eigenvalue weighted by atomic mass is 10.0. The van der Waals surface area contributed by atoms with Gasteiger partial charge in [0.25, 0.3) is 0 Å². The Morgan fingerprint density at radius 1 is 1.62 bits per heavy atom. The van der Waals surface area contributed by atoms with E-state index >= 15 is 0 Å². The summed E-state index contributed by atoms with van der Waals surface area (Å²) >= 11 is 5.66. The molecule has 1 aliphatic carbocycles. The molecule has 0 bridgehead atoms. The second-order valence-electron chi connectivity index (χ2n) is 3.75. The van der Waals surface area contributed by atoms with E-state index in [4.69, 9.17) is 17.3 Å². The van der Waals surface area contributed by atoms with E-state index in [1.807, 2.05) is 6.92 Å². The minimum atomic E-state index is -0.477. The molecule has 1 nitrogen and oxygen atoms in total. The van der Waals surface area contributed by atoms with Gasteiger partial charge >= 0.3 is 0 Å². The number of hydrogen-bond acceptors (Lipinski definition) is 1. The van der Waals surface area contributed by atoms with Crippen LogP contribution in [0, 0.1) is 11.7 Å².